The fourth-order valence-corrected chi connectivity index (χ4v) is 7.70. The minimum absolute atomic E-state index is 0.00590. The van der Waals surface area contributed by atoms with Crippen LogP contribution in [0.4, 0.5) is 4.39 Å². The van der Waals surface area contributed by atoms with Gasteiger partial charge in [-0.1, -0.05) is 19.3 Å². The number of piperidine rings is 1. The summed E-state index contributed by atoms with van der Waals surface area (Å²) in [5, 5.41) is 3.87. The molecule has 5 unspecified atom stereocenters. The molecular formula is C25H44FN3O2. The Morgan fingerprint density at radius 3 is 2.71 bits per heavy atom. The number of nitrogens with one attached hydrogen (secondary N) is 1. The van der Waals surface area contributed by atoms with Crippen molar-refractivity contribution in [2.24, 2.45) is 17.8 Å². The number of ether oxygens (including phenoxy) is 2. The van der Waals surface area contributed by atoms with Crippen LogP contribution in [0.15, 0.2) is 0 Å². The van der Waals surface area contributed by atoms with Gasteiger partial charge in [-0.25, -0.2) is 4.39 Å². The van der Waals surface area contributed by atoms with Crippen molar-refractivity contribution in [2.75, 3.05) is 53.2 Å². The van der Waals surface area contributed by atoms with Gasteiger partial charge in [-0.15, -0.1) is 0 Å². The van der Waals surface area contributed by atoms with E-state index in [1.807, 2.05) is 0 Å². The Morgan fingerprint density at radius 1 is 0.968 bits per heavy atom. The van der Waals surface area contributed by atoms with Gasteiger partial charge in [-0.05, 0) is 76.3 Å². The summed E-state index contributed by atoms with van der Waals surface area (Å²) in [5.74, 6) is 0.801. The lowest BCUT2D eigenvalue weighted by Crippen LogP contribution is -2.69. The standard InChI is InChI=1S/C25H44FN3O2/c1-28-13-15-31-22-9-3-2-7-20(22)21-8-4-6-19(24(21)26)16-23-25(17-30-14-11-27-25)10-5-12-29(23)18-28/h19-24,27H,2-18H2,1H3/t19?,20?,21?,22?,23-,24?,25+/m0/s1. The van der Waals surface area contributed by atoms with Crippen molar-refractivity contribution >= 4 is 0 Å². The highest BCUT2D eigenvalue weighted by atomic mass is 19.1. The number of fused-ring (bicyclic) bond motifs is 6. The van der Waals surface area contributed by atoms with E-state index in [9.17, 15) is 0 Å². The molecule has 2 aliphatic carbocycles. The molecule has 5 rings (SSSR count). The molecular weight excluding hydrogens is 393 g/mol. The van der Waals surface area contributed by atoms with Crippen LogP contribution >= 0.6 is 0 Å². The minimum atomic E-state index is -0.674. The molecule has 178 valence electrons. The van der Waals surface area contributed by atoms with E-state index in [1.165, 1.54) is 25.7 Å². The number of likely N-dealkylation sites (N-methyl/N-ethyl adjacent to an activating group) is 1. The van der Waals surface area contributed by atoms with E-state index >= 15 is 4.39 Å². The van der Waals surface area contributed by atoms with Gasteiger partial charge < -0.3 is 14.8 Å². The Labute approximate surface area is 188 Å². The van der Waals surface area contributed by atoms with E-state index < -0.39 is 6.17 Å². The van der Waals surface area contributed by atoms with Crippen LogP contribution in [0.2, 0.25) is 0 Å². The predicted molar refractivity (Wildman–Crippen MR) is 121 cm³/mol. The van der Waals surface area contributed by atoms with Crippen LogP contribution in [0.3, 0.4) is 0 Å². The molecule has 5 fully saturated rings. The predicted octanol–water partition coefficient (Wildman–Crippen LogP) is 3.43. The first-order valence-electron chi connectivity index (χ1n) is 13.2. The van der Waals surface area contributed by atoms with E-state index in [0.29, 0.717) is 12.0 Å². The smallest absolute Gasteiger partial charge is 0.106 e. The number of rotatable bonds is 0. The molecule has 1 N–H and O–H groups in total. The Morgan fingerprint density at radius 2 is 1.84 bits per heavy atom. The molecule has 3 aliphatic heterocycles. The zero-order valence-corrected chi connectivity index (χ0v) is 19.6. The van der Waals surface area contributed by atoms with Crippen molar-refractivity contribution in [2.45, 2.75) is 88.1 Å². The summed E-state index contributed by atoms with van der Waals surface area (Å²) < 4.78 is 28.7. The van der Waals surface area contributed by atoms with E-state index in [2.05, 4.69) is 22.2 Å². The molecule has 6 heteroatoms. The molecule has 31 heavy (non-hydrogen) atoms. The van der Waals surface area contributed by atoms with E-state index in [1.54, 1.807) is 0 Å². The van der Waals surface area contributed by atoms with E-state index in [0.717, 1.165) is 84.6 Å². The van der Waals surface area contributed by atoms with Gasteiger partial charge in [0, 0.05) is 19.1 Å². The second-order valence-electron chi connectivity index (χ2n) is 11.2. The van der Waals surface area contributed by atoms with Crippen molar-refractivity contribution in [1.82, 2.24) is 15.1 Å². The third-order valence-corrected chi connectivity index (χ3v) is 9.26. The SMILES string of the molecule is CN1CCOC2CCCCC2C2CCCC(C[C@@H]3N(CCC[C@@]34COCCN4)C1)C2F. The molecule has 2 bridgehead atoms. The summed E-state index contributed by atoms with van der Waals surface area (Å²) in [6, 6.07) is 0.356. The quantitative estimate of drug-likeness (QED) is 0.628. The first-order valence-corrected chi connectivity index (χ1v) is 13.2. The Kier molecular flexibility index (Phi) is 7.21. The van der Waals surface area contributed by atoms with Crippen LogP contribution in [0.1, 0.15) is 64.2 Å². The van der Waals surface area contributed by atoms with Crippen LogP contribution in [0, 0.1) is 17.8 Å². The maximum absolute atomic E-state index is 16.2. The zero-order chi connectivity index (χ0) is 21.3. The van der Waals surface area contributed by atoms with Crippen LogP contribution < -0.4 is 5.32 Å². The molecule has 3 saturated heterocycles. The zero-order valence-electron chi connectivity index (χ0n) is 19.6. The number of morpholine rings is 1. The molecule has 0 aromatic heterocycles. The summed E-state index contributed by atoms with van der Waals surface area (Å²) in [6.45, 7) is 6.28. The number of alkyl halides is 1. The summed E-state index contributed by atoms with van der Waals surface area (Å²) in [7, 11) is 2.22. The van der Waals surface area contributed by atoms with Gasteiger partial charge in [0.05, 0.1) is 38.1 Å². The molecule has 5 aliphatic rings. The van der Waals surface area contributed by atoms with Gasteiger partial charge in [-0.3, -0.25) is 9.80 Å². The summed E-state index contributed by atoms with van der Waals surface area (Å²) >= 11 is 0. The Balaban J connectivity index is 1.43. The van der Waals surface area contributed by atoms with Gasteiger partial charge in [0.2, 0.25) is 0 Å². The molecule has 0 aromatic carbocycles. The average molecular weight is 438 g/mol. The summed E-state index contributed by atoms with van der Waals surface area (Å²) in [6.07, 6.45) is 11.0. The van der Waals surface area contributed by atoms with E-state index in [-0.39, 0.29) is 23.5 Å². The van der Waals surface area contributed by atoms with Gasteiger partial charge >= 0.3 is 0 Å². The fourth-order valence-electron chi connectivity index (χ4n) is 7.70. The van der Waals surface area contributed by atoms with Crippen LogP contribution in [0.5, 0.6) is 0 Å². The highest BCUT2D eigenvalue weighted by molar-refractivity contribution is 5.06. The lowest BCUT2D eigenvalue weighted by Gasteiger charge is -2.54. The van der Waals surface area contributed by atoms with Gasteiger partial charge in [0.15, 0.2) is 0 Å². The molecule has 0 aromatic rings. The lowest BCUT2D eigenvalue weighted by atomic mass is 9.65. The van der Waals surface area contributed by atoms with E-state index in [4.69, 9.17) is 9.47 Å². The molecule has 7 atom stereocenters. The molecule has 0 amide bonds. The van der Waals surface area contributed by atoms with Crippen molar-refractivity contribution in [3.8, 4) is 0 Å². The topological polar surface area (TPSA) is 37.0 Å². The Bertz CT molecular complexity index is 582. The van der Waals surface area contributed by atoms with Crippen molar-refractivity contribution in [3.63, 3.8) is 0 Å². The third-order valence-electron chi connectivity index (χ3n) is 9.26. The average Bonchev–Trinajstić information content (AvgIpc) is 2.78. The van der Waals surface area contributed by atoms with Crippen molar-refractivity contribution in [3.05, 3.63) is 0 Å². The minimum Gasteiger partial charge on any atom is -0.378 e. The number of halogens is 1. The maximum Gasteiger partial charge on any atom is 0.106 e. The number of nitrogens with zero attached hydrogens (tertiary/aromatic N) is 2. The second kappa shape index (κ2) is 9.92. The first-order chi connectivity index (χ1) is 15.2. The highest BCUT2D eigenvalue weighted by Gasteiger charge is 2.49. The second-order valence-corrected chi connectivity index (χ2v) is 11.2. The normalized spacial score (nSPS) is 46.3. The first kappa shape index (κ1) is 22.5. The number of hydrogen-bond donors (Lipinski definition) is 1. The molecule has 0 radical (unpaired) electrons. The monoisotopic (exact) mass is 437 g/mol. The third kappa shape index (κ3) is 4.70. The largest absolute Gasteiger partial charge is 0.378 e. The van der Waals surface area contributed by atoms with Gasteiger partial charge in [0.25, 0.3) is 0 Å². The molecule has 2 saturated carbocycles. The van der Waals surface area contributed by atoms with Crippen molar-refractivity contribution in [1.29, 1.82) is 0 Å². The number of hydrogen-bond acceptors (Lipinski definition) is 5. The molecule has 1 spiro atoms. The van der Waals surface area contributed by atoms with Crippen LogP contribution in [0.25, 0.3) is 0 Å². The molecule has 3 heterocycles. The summed E-state index contributed by atoms with van der Waals surface area (Å²) in [4.78, 5) is 5.07. The van der Waals surface area contributed by atoms with Gasteiger partial charge in [-0.2, -0.15) is 0 Å². The lowest BCUT2D eigenvalue weighted by molar-refractivity contribution is -0.0766. The maximum atomic E-state index is 16.2. The highest BCUT2D eigenvalue weighted by Crippen LogP contribution is 2.46. The molecule has 5 nitrogen and oxygen atoms in total. The van der Waals surface area contributed by atoms with Crippen LogP contribution in [-0.4, -0.2) is 86.8 Å². The van der Waals surface area contributed by atoms with Crippen LogP contribution in [-0.2, 0) is 9.47 Å². The van der Waals surface area contributed by atoms with Crippen molar-refractivity contribution < 1.29 is 13.9 Å². The fraction of sp³-hybridized carbons (Fsp3) is 1.00. The summed E-state index contributed by atoms with van der Waals surface area (Å²) in [5.41, 5.74) is -0.00590. The van der Waals surface area contributed by atoms with Gasteiger partial charge in [0.1, 0.15) is 6.17 Å². The Hall–Kier alpha value is -0.270.